The van der Waals surface area contributed by atoms with Gasteiger partial charge in [-0.1, -0.05) is 42.5 Å². The number of nitrogens with one attached hydrogen (secondary N) is 1. The number of aromatic carboxylic acids is 1. The van der Waals surface area contributed by atoms with Crippen LogP contribution in [0.5, 0.6) is 0 Å². The summed E-state index contributed by atoms with van der Waals surface area (Å²) in [7, 11) is 0. The molecule has 1 aromatic heterocycles. The van der Waals surface area contributed by atoms with E-state index in [0.717, 1.165) is 11.1 Å². The quantitative estimate of drug-likeness (QED) is 0.770. The first-order valence-corrected chi connectivity index (χ1v) is 7.38. The van der Waals surface area contributed by atoms with Crippen molar-refractivity contribution in [3.8, 4) is 11.4 Å². The SMILES string of the molecule is CC(=O)NCc1ccc(-c2nc(C(=O)O)c3ccccc3n2)cc1. The molecule has 0 aliphatic carbocycles. The molecule has 6 heteroatoms. The van der Waals surface area contributed by atoms with Crippen LogP contribution in [0.3, 0.4) is 0 Å². The first kappa shape index (κ1) is 15.6. The summed E-state index contributed by atoms with van der Waals surface area (Å²) < 4.78 is 0. The fourth-order valence-corrected chi connectivity index (χ4v) is 2.37. The second-order valence-electron chi connectivity index (χ2n) is 5.32. The van der Waals surface area contributed by atoms with Crippen molar-refractivity contribution in [2.45, 2.75) is 13.5 Å². The Bertz CT molecular complexity index is 920. The molecule has 0 radical (unpaired) electrons. The first-order chi connectivity index (χ1) is 11.5. The second kappa shape index (κ2) is 6.45. The zero-order valence-corrected chi connectivity index (χ0v) is 13.0. The molecule has 0 fully saturated rings. The Balaban J connectivity index is 2.00. The third-order valence-corrected chi connectivity index (χ3v) is 3.56. The molecule has 0 atom stereocenters. The van der Waals surface area contributed by atoms with Crippen LogP contribution in [0, 0.1) is 0 Å². The zero-order chi connectivity index (χ0) is 17.1. The number of rotatable bonds is 4. The average molecular weight is 321 g/mol. The van der Waals surface area contributed by atoms with Crippen molar-refractivity contribution in [2.75, 3.05) is 0 Å². The van der Waals surface area contributed by atoms with Gasteiger partial charge in [0.25, 0.3) is 0 Å². The van der Waals surface area contributed by atoms with Gasteiger partial charge < -0.3 is 10.4 Å². The van der Waals surface area contributed by atoms with E-state index in [1.165, 1.54) is 6.92 Å². The van der Waals surface area contributed by atoms with E-state index in [1.807, 2.05) is 24.3 Å². The van der Waals surface area contributed by atoms with Gasteiger partial charge in [0, 0.05) is 24.4 Å². The molecule has 0 aliphatic heterocycles. The van der Waals surface area contributed by atoms with E-state index in [9.17, 15) is 14.7 Å². The Labute approximate surface area is 138 Å². The lowest BCUT2D eigenvalue weighted by molar-refractivity contribution is -0.119. The highest BCUT2D eigenvalue weighted by Gasteiger charge is 2.14. The summed E-state index contributed by atoms with van der Waals surface area (Å²) in [5.74, 6) is -0.822. The molecule has 0 unspecified atom stereocenters. The van der Waals surface area contributed by atoms with Crippen molar-refractivity contribution in [1.82, 2.24) is 15.3 Å². The van der Waals surface area contributed by atoms with Gasteiger partial charge in [0.2, 0.25) is 5.91 Å². The first-order valence-electron chi connectivity index (χ1n) is 7.38. The van der Waals surface area contributed by atoms with Crippen LogP contribution in [0.25, 0.3) is 22.3 Å². The number of hydrogen-bond acceptors (Lipinski definition) is 4. The maximum absolute atomic E-state index is 11.5. The monoisotopic (exact) mass is 321 g/mol. The highest BCUT2D eigenvalue weighted by molar-refractivity contribution is 6.01. The number of amides is 1. The molecule has 1 heterocycles. The van der Waals surface area contributed by atoms with Crippen LogP contribution in [0.1, 0.15) is 23.0 Å². The number of benzene rings is 2. The highest BCUT2D eigenvalue weighted by Crippen LogP contribution is 2.22. The van der Waals surface area contributed by atoms with Crippen LogP contribution in [0.15, 0.2) is 48.5 Å². The van der Waals surface area contributed by atoms with E-state index in [0.29, 0.717) is 23.3 Å². The number of aromatic nitrogens is 2. The van der Waals surface area contributed by atoms with E-state index < -0.39 is 5.97 Å². The largest absolute Gasteiger partial charge is 0.476 e. The molecule has 3 aromatic rings. The zero-order valence-electron chi connectivity index (χ0n) is 13.0. The van der Waals surface area contributed by atoms with E-state index in [-0.39, 0.29) is 11.6 Å². The molecule has 2 aromatic carbocycles. The number of carboxylic acids is 1. The highest BCUT2D eigenvalue weighted by atomic mass is 16.4. The number of fused-ring (bicyclic) bond motifs is 1. The number of hydrogen-bond donors (Lipinski definition) is 2. The lowest BCUT2D eigenvalue weighted by Crippen LogP contribution is -2.18. The number of para-hydroxylation sites is 1. The van der Waals surface area contributed by atoms with Gasteiger partial charge in [-0.3, -0.25) is 4.79 Å². The molecular weight excluding hydrogens is 306 g/mol. The molecule has 24 heavy (non-hydrogen) atoms. The maximum atomic E-state index is 11.5. The predicted molar refractivity (Wildman–Crippen MR) is 89.5 cm³/mol. The standard InChI is InChI=1S/C18H15N3O3/c1-11(22)19-10-12-6-8-13(9-7-12)17-20-15-5-3-2-4-14(15)16(21-17)18(23)24/h2-9H,10H2,1H3,(H,19,22)(H,23,24). The molecule has 0 saturated heterocycles. The van der Waals surface area contributed by atoms with Crippen LogP contribution in [0.4, 0.5) is 0 Å². The maximum Gasteiger partial charge on any atom is 0.355 e. The molecule has 0 spiro atoms. The lowest BCUT2D eigenvalue weighted by atomic mass is 10.1. The fourth-order valence-electron chi connectivity index (χ4n) is 2.37. The van der Waals surface area contributed by atoms with Crippen LogP contribution in [-0.2, 0) is 11.3 Å². The Morgan fingerprint density at radius 3 is 2.42 bits per heavy atom. The van der Waals surface area contributed by atoms with Crippen molar-refractivity contribution in [1.29, 1.82) is 0 Å². The third-order valence-electron chi connectivity index (χ3n) is 3.56. The molecule has 120 valence electrons. The van der Waals surface area contributed by atoms with Crippen molar-refractivity contribution >= 4 is 22.8 Å². The summed E-state index contributed by atoms with van der Waals surface area (Å²) in [6.07, 6.45) is 0. The summed E-state index contributed by atoms with van der Waals surface area (Å²) in [5.41, 5.74) is 2.23. The number of carbonyl (C=O) groups excluding carboxylic acids is 1. The summed E-state index contributed by atoms with van der Waals surface area (Å²) >= 11 is 0. The van der Waals surface area contributed by atoms with Gasteiger partial charge in [0.15, 0.2) is 11.5 Å². The molecule has 6 nitrogen and oxygen atoms in total. The molecular formula is C18H15N3O3. The minimum atomic E-state index is -1.09. The van der Waals surface area contributed by atoms with Gasteiger partial charge in [-0.15, -0.1) is 0 Å². The minimum absolute atomic E-state index is 0.0158. The Kier molecular flexibility index (Phi) is 4.20. The molecule has 2 N–H and O–H groups in total. The summed E-state index contributed by atoms with van der Waals surface area (Å²) in [6, 6.07) is 14.3. The molecule has 0 aliphatic rings. The fraction of sp³-hybridized carbons (Fsp3) is 0.111. The number of nitrogens with zero attached hydrogens (tertiary/aromatic N) is 2. The Morgan fingerprint density at radius 2 is 1.75 bits per heavy atom. The van der Waals surface area contributed by atoms with E-state index in [4.69, 9.17) is 0 Å². The molecule has 0 saturated carbocycles. The number of carbonyl (C=O) groups is 2. The van der Waals surface area contributed by atoms with Gasteiger partial charge in [0.1, 0.15) is 0 Å². The van der Waals surface area contributed by atoms with Crippen LogP contribution >= 0.6 is 0 Å². The average Bonchev–Trinajstić information content (AvgIpc) is 2.59. The number of carboxylic acid groups (broad SMARTS) is 1. The Hall–Kier alpha value is -3.28. The van der Waals surface area contributed by atoms with Crippen molar-refractivity contribution < 1.29 is 14.7 Å². The van der Waals surface area contributed by atoms with Crippen LogP contribution < -0.4 is 5.32 Å². The van der Waals surface area contributed by atoms with Crippen LogP contribution in [0.2, 0.25) is 0 Å². The Morgan fingerprint density at radius 1 is 1.04 bits per heavy atom. The smallest absolute Gasteiger partial charge is 0.355 e. The molecule has 3 rings (SSSR count). The van der Waals surface area contributed by atoms with Gasteiger partial charge in [-0.05, 0) is 11.6 Å². The topological polar surface area (TPSA) is 92.2 Å². The van der Waals surface area contributed by atoms with Gasteiger partial charge in [0.05, 0.1) is 5.52 Å². The van der Waals surface area contributed by atoms with E-state index in [2.05, 4.69) is 15.3 Å². The van der Waals surface area contributed by atoms with Gasteiger partial charge in [-0.25, -0.2) is 14.8 Å². The summed E-state index contributed by atoms with van der Waals surface area (Å²) in [4.78, 5) is 31.1. The van der Waals surface area contributed by atoms with E-state index in [1.54, 1.807) is 24.3 Å². The van der Waals surface area contributed by atoms with Crippen LogP contribution in [-0.4, -0.2) is 27.0 Å². The second-order valence-corrected chi connectivity index (χ2v) is 5.32. The van der Waals surface area contributed by atoms with Gasteiger partial charge in [-0.2, -0.15) is 0 Å². The predicted octanol–water partition coefficient (Wildman–Crippen LogP) is 2.63. The molecule has 1 amide bonds. The summed E-state index contributed by atoms with van der Waals surface area (Å²) in [6.45, 7) is 1.90. The normalized spacial score (nSPS) is 10.5. The van der Waals surface area contributed by atoms with Crippen molar-refractivity contribution in [3.05, 3.63) is 59.8 Å². The van der Waals surface area contributed by atoms with Gasteiger partial charge >= 0.3 is 5.97 Å². The minimum Gasteiger partial charge on any atom is -0.476 e. The lowest BCUT2D eigenvalue weighted by Gasteiger charge is -2.07. The van der Waals surface area contributed by atoms with Crippen molar-refractivity contribution in [3.63, 3.8) is 0 Å². The van der Waals surface area contributed by atoms with E-state index >= 15 is 0 Å². The summed E-state index contributed by atoms with van der Waals surface area (Å²) in [5, 5.41) is 12.6. The molecule has 0 bridgehead atoms. The third kappa shape index (κ3) is 3.22. The van der Waals surface area contributed by atoms with Crippen molar-refractivity contribution in [2.24, 2.45) is 0 Å².